The summed E-state index contributed by atoms with van der Waals surface area (Å²) in [5.41, 5.74) is 0. The second-order valence-corrected chi connectivity index (χ2v) is 1.80. The third-order valence-electron chi connectivity index (χ3n) is 1.19. The van der Waals surface area contributed by atoms with Crippen LogP contribution in [0.25, 0.3) is 0 Å². The third kappa shape index (κ3) is 2.25. The van der Waals surface area contributed by atoms with E-state index in [0.29, 0.717) is 0 Å². The van der Waals surface area contributed by atoms with Crippen LogP contribution in [0.2, 0.25) is 0 Å². The monoisotopic (exact) mass is 85.1 g/mol. The van der Waals surface area contributed by atoms with Crippen LogP contribution in [-0.2, 0) is 0 Å². The maximum Gasteiger partial charge on any atom is -0.0445 e. The maximum atomic E-state index is 3.76. The summed E-state index contributed by atoms with van der Waals surface area (Å²) in [6.45, 7) is 8.16. The highest BCUT2D eigenvalue weighted by molar-refractivity contribution is 4.48. The van der Waals surface area contributed by atoms with E-state index in [9.17, 15) is 0 Å². The van der Waals surface area contributed by atoms with Crippen LogP contribution < -0.4 is 0 Å². The Kier molecular flexibility index (Phi) is 3.20. The summed E-state index contributed by atoms with van der Waals surface area (Å²) in [6, 6.07) is 0. The predicted octanol–water partition coefficient (Wildman–Crippen LogP) is 2.26. The van der Waals surface area contributed by atoms with Gasteiger partial charge in [-0.15, -0.1) is 0 Å². The molecule has 0 saturated heterocycles. The van der Waals surface area contributed by atoms with Gasteiger partial charge >= 0.3 is 0 Å². The molecule has 0 nitrogen and oxygen atoms in total. The molecule has 0 spiro atoms. The van der Waals surface area contributed by atoms with Crippen LogP contribution in [0, 0.1) is 12.8 Å². The highest BCUT2D eigenvalue weighted by atomic mass is 13.9. The van der Waals surface area contributed by atoms with E-state index in [0.717, 1.165) is 12.3 Å². The molecule has 0 amide bonds. The van der Waals surface area contributed by atoms with Gasteiger partial charge in [-0.1, -0.05) is 33.6 Å². The van der Waals surface area contributed by atoms with Gasteiger partial charge in [-0.25, -0.2) is 0 Å². The Hall–Kier alpha value is 0. The zero-order valence-corrected chi connectivity index (χ0v) is 4.70. The fraction of sp³-hybridized carbons (Fsp3) is 0.833. The van der Waals surface area contributed by atoms with Gasteiger partial charge in [0.1, 0.15) is 0 Å². The molecule has 0 aliphatic carbocycles. The van der Waals surface area contributed by atoms with Crippen molar-refractivity contribution in [3.05, 3.63) is 6.92 Å². The van der Waals surface area contributed by atoms with Crippen molar-refractivity contribution in [2.45, 2.75) is 26.7 Å². The minimum absolute atomic E-state index is 0.824. The molecular formula is C6H13. The van der Waals surface area contributed by atoms with Gasteiger partial charge in [0.25, 0.3) is 0 Å². The molecule has 0 aromatic carbocycles. The van der Waals surface area contributed by atoms with E-state index < -0.39 is 0 Å². The van der Waals surface area contributed by atoms with E-state index in [1.54, 1.807) is 0 Å². The van der Waals surface area contributed by atoms with Crippen molar-refractivity contribution in [3.63, 3.8) is 0 Å². The zero-order valence-electron chi connectivity index (χ0n) is 4.70. The summed E-state index contributed by atoms with van der Waals surface area (Å²) < 4.78 is 0. The van der Waals surface area contributed by atoms with Gasteiger partial charge in [0, 0.05) is 0 Å². The van der Waals surface area contributed by atoms with E-state index in [-0.39, 0.29) is 0 Å². The predicted molar refractivity (Wildman–Crippen MR) is 29.4 cm³/mol. The Labute approximate surface area is 40.6 Å². The molecule has 0 saturated carbocycles. The average Bonchev–Trinajstić information content (AvgIpc) is 1.65. The van der Waals surface area contributed by atoms with Crippen LogP contribution in [0.5, 0.6) is 0 Å². The molecule has 0 unspecified atom stereocenters. The van der Waals surface area contributed by atoms with Crippen LogP contribution in [0.4, 0.5) is 0 Å². The fourth-order valence-electron chi connectivity index (χ4n) is 0.204. The lowest BCUT2D eigenvalue weighted by Crippen LogP contribution is -1.85. The molecule has 0 heteroatoms. The Morgan fingerprint density at radius 3 is 2.17 bits per heavy atom. The molecule has 0 heterocycles. The molecule has 37 valence electrons. The van der Waals surface area contributed by atoms with Crippen molar-refractivity contribution in [3.8, 4) is 0 Å². The van der Waals surface area contributed by atoms with Gasteiger partial charge in [-0.3, -0.25) is 0 Å². The van der Waals surface area contributed by atoms with Gasteiger partial charge in [0.15, 0.2) is 0 Å². The largest absolute Gasteiger partial charge is 0.0651 e. The lowest BCUT2D eigenvalue weighted by Gasteiger charge is -1.98. The molecule has 0 rings (SSSR count). The van der Waals surface area contributed by atoms with Gasteiger partial charge in [-0.05, 0) is 5.92 Å². The molecule has 0 aromatic heterocycles. The van der Waals surface area contributed by atoms with E-state index in [1.807, 2.05) is 0 Å². The van der Waals surface area contributed by atoms with E-state index in [4.69, 9.17) is 0 Å². The smallest absolute Gasteiger partial charge is 0.0445 e. The number of hydrogen-bond acceptors (Lipinski definition) is 0. The molecule has 0 aromatic rings. The summed E-state index contributed by atoms with van der Waals surface area (Å²) in [7, 11) is 0. The van der Waals surface area contributed by atoms with Crippen LogP contribution in [-0.4, -0.2) is 0 Å². The quantitative estimate of drug-likeness (QED) is 0.482. The summed E-state index contributed by atoms with van der Waals surface area (Å²) in [5, 5.41) is 0. The summed E-state index contributed by atoms with van der Waals surface area (Å²) in [5.74, 6) is 0.824. The molecule has 1 radical (unpaired) electrons. The topological polar surface area (TPSA) is 0 Å². The fourth-order valence-corrected chi connectivity index (χ4v) is 0.204. The minimum atomic E-state index is 0.824. The molecule has 6 heavy (non-hydrogen) atoms. The van der Waals surface area contributed by atoms with Gasteiger partial charge in [0.05, 0.1) is 0 Å². The Bertz CT molecular complexity index is 19.2. The Morgan fingerprint density at radius 1 is 1.67 bits per heavy atom. The van der Waals surface area contributed by atoms with Crippen LogP contribution in [0.15, 0.2) is 0 Å². The molecule has 0 N–H and O–H groups in total. The summed E-state index contributed by atoms with van der Waals surface area (Å²) in [6.07, 6.45) is 2.35. The second-order valence-electron chi connectivity index (χ2n) is 1.80. The van der Waals surface area contributed by atoms with Crippen LogP contribution in [0.1, 0.15) is 26.7 Å². The second kappa shape index (κ2) is 3.20. The number of hydrogen-bond donors (Lipinski definition) is 0. The first-order valence-corrected chi connectivity index (χ1v) is 2.60. The molecule has 0 aliphatic rings. The van der Waals surface area contributed by atoms with Gasteiger partial charge in [0.2, 0.25) is 0 Å². The highest BCUT2D eigenvalue weighted by Gasteiger charge is 1.88. The van der Waals surface area contributed by atoms with Crippen molar-refractivity contribution >= 4 is 0 Å². The maximum absolute atomic E-state index is 3.76. The number of rotatable bonds is 2. The van der Waals surface area contributed by atoms with E-state index >= 15 is 0 Å². The van der Waals surface area contributed by atoms with Crippen LogP contribution >= 0.6 is 0 Å². The van der Waals surface area contributed by atoms with Crippen molar-refractivity contribution in [2.24, 2.45) is 5.92 Å². The Balaban J connectivity index is 2.75. The highest BCUT2D eigenvalue weighted by Crippen LogP contribution is 2.02. The van der Waals surface area contributed by atoms with Crippen LogP contribution in [0.3, 0.4) is 0 Å². The first-order valence-electron chi connectivity index (χ1n) is 2.60. The minimum Gasteiger partial charge on any atom is -0.0651 e. The van der Waals surface area contributed by atoms with E-state index in [2.05, 4.69) is 20.8 Å². The standard InChI is InChI=1S/C6H13/c1-4-6(3)5-2/h6H,1,4-5H2,2-3H3/t6-/m0/s1. The first-order chi connectivity index (χ1) is 2.81. The van der Waals surface area contributed by atoms with Gasteiger partial charge < -0.3 is 0 Å². The molecule has 0 aliphatic heterocycles. The normalized spacial score (nSPS) is 10.0. The molecule has 0 fully saturated rings. The van der Waals surface area contributed by atoms with Crippen molar-refractivity contribution in [1.82, 2.24) is 0 Å². The van der Waals surface area contributed by atoms with Gasteiger partial charge in [-0.2, -0.15) is 0 Å². The summed E-state index contributed by atoms with van der Waals surface area (Å²) in [4.78, 5) is 0. The molecule has 0 bridgehead atoms. The zero-order chi connectivity index (χ0) is 4.99. The summed E-state index contributed by atoms with van der Waals surface area (Å²) >= 11 is 0. The lowest BCUT2D eigenvalue weighted by molar-refractivity contribution is 0.570. The van der Waals surface area contributed by atoms with Crippen molar-refractivity contribution in [2.75, 3.05) is 0 Å². The Morgan fingerprint density at radius 2 is 2.17 bits per heavy atom. The first kappa shape index (κ1) is 6.00. The van der Waals surface area contributed by atoms with Crippen molar-refractivity contribution in [1.29, 1.82) is 0 Å². The molecular weight excluding hydrogens is 72.1 g/mol. The SMILES string of the molecule is [CH2]C[C@H](C)CC. The average molecular weight is 85.2 g/mol. The third-order valence-corrected chi connectivity index (χ3v) is 1.19. The van der Waals surface area contributed by atoms with Crippen molar-refractivity contribution < 1.29 is 0 Å². The lowest BCUT2D eigenvalue weighted by atomic mass is 10.1. The van der Waals surface area contributed by atoms with E-state index in [1.165, 1.54) is 6.42 Å². The molecule has 1 atom stereocenters.